The minimum Gasteiger partial charge on any atom is -0.492 e. The van der Waals surface area contributed by atoms with Gasteiger partial charge in [-0.15, -0.1) is 5.10 Å². The molecule has 1 amide bonds. The number of nitrogens with one attached hydrogen (secondary N) is 1. The van der Waals surface area contributed by atoms with E-state index in [1.54, 1.807) is 24.3 Å². The van der Waals surface area contributed by atoms with Crippen LogP contribution in [0.4, 0.5) is 10.3 Å². The Kier molecular flexibility index (Phi) is 4.17. The SMILES string of the molecule is O=C1/C(=C\c2cccc(Cc3ccc(F)cc3)c2)C(O)=NN1c1nnn[nH]1. The summed E-state index contributed by atoms with van der Waals surface area (Å²) in [6, 6.07) is 13.8. The molecule has 0 saturated heterocycles. The van der Waals surface area contributed by atoms with Crippen molar-refractivity contribution in [2.45, 2.75) is 6.42 Å². The van der Waals surface area contributed by atoms with Gasteiger partial charge < -0.3 is 5.11 Å². The van der Waals surface area contributed by atoms with Gasteiger partial charge >= 0.3 is 0 Å². The van der Waals surface area contributed by atoms with Crippen molar-refractivity contribution in [1.82, 2.24) is 20.6 Å². The van der Waals surface area contributed by atoms with Crippen molar-refractivity contribution in [3.8, 4) is 0 Å². The van der Waals surface area contributed by atoms with Crippen molar-refractivity contribution in [1.29, 1.82) is 0 Å². The highest BCUT2D eigenvalue weighted by Gasteiger charge is 2.33. The maximum atomic E-state index is 13.0. The first-order valence-corrected chi connectivity index (χ1v) is 8.01. The van der Waals surface area contributed by atoms with Gasteiger partial charge in [-0.2, -0.15) is 5.01 Å². The summed E-state index contributed by atoms with van der Waals surface area (Å²) in [5.41, 5.74) is 2.70. The summed E-state index contributed by atoms with van der Waals surface area (Å²) in [6.07, 6.45) is 2.15. The van der Waals surface area contributed by atoms with E-state index in [4.69, 9.17) is 0 Å². The van der Waals surface area contributed by atoms with Gasteiger partial charge in [-0.1, -0.05) is 41.5 Å². The molecule has 8 nitrogen and oxygen atoms in total. The lowest BCUT2D eigenvalue weighted by molar-refractivity contribution is -0.114. The highest BCUT2D eigenvalue weighted by Crippen LogP contribution is 2.21. The van der Waals surface area contributed by atoms with Gasteiger partial charge in [-0.3, -0.25) is 4.79 Å². The zero-order chi connectivity index (χ0) is 18.8. The van der Waals surface area contributed by atoms with Crippen molar-refractivity contribution in [2.75, 3.05) is 5.01 Å². The normalized spacial score (nSPS) is 15.4. The second-order valence-electron chi connectivity index (χ2n) is 5.87. The second kappa shape index (κ2) is 6.79. The Balaban J connectivity index is 1.58. The Hall–Kier alpha value is -3.88. The van der Waals surface area contributed by atoms with E-state index in [2.05, 4.69) is 25.7 Å². The summed E-state index contributed by atoms with van der Waals surface area (Å²) >= 11 is 0. The number of amides is 1. The van der Waals surface area contributed by atoms with Crippen LogP contribution in [0.5, 0.6) is 0 Å². The van der Waals surface area contributed by atoms with Gasteiger partial charge in [0.1, 0.15) is 11.4 Å². The molecule has 0 unspecified atom stereocenters. The highest BCUT2D eigenvalue weighted by molar-refractivity contribution is 6.29. The molecule has 2 heterocycles. The fourth-order valence-electron chi connectivity index (χ4n) is 2.71. The van der Waals surface area contributed by atoms with Crippen molar-refractivity contribution in [2.24, 2.45) is 5.10 Å². The minimum atomic E-state index is -0.546. The summed E-state index contributed by atoms with van der Waals surface area (Å²) < 4.78 is 13.0. The molecular weight excluding hydrogens is 351 g/mol. The van der Waals surface area contributed by atoms with Gasteiger partial charge in [0.25, 0.3) is 11.9 Å². The Labute approximate surface area is 152 Å². The molecule has 0 spiro atoms. The number of aliphatic hydroxyl groups is 1. The molecular formula is C18H13FN6O2. The predicted octanol–water partition coefficient (Wildman–Crippen LogP) is 2.23. The zero-order valence-electron chi connectivity index (χ0n) is 13.9. The van der Waals surface area contributed by atoms with Crippen LogP contribution in [0.25, 0.3) is 6.08 Å². The van der Waals surface area contributed by atoms with Gasteiger partial charge in [0.2, 0.25) is 5.90 Å². The first kappa shape index (κ1) is 16.6. The number of hydrogen-bond donors (Lipinski definition) is 2. The quantitative estimate of drug-likeness (QED) is 0.690. The lowest BCUT2D eigenvalue weighted by atomic mass is 10.0. The number of carbonyl (C=O) groups excluding carboxylic acids is 1. The average molecular weight is 364 g/mol. The molecule has 134 valence electrons. The zero-order valence-corrected chi connectivity index (χ0v) is 13.9. The molecule has 1 aliphatic rings. The van der Waals surface area contributed by atoms with Crippen molar-refractivity contribution in [3.63, 3.8) is 0 Å². The number of rotatable bonds is 4. The number of hydrazone groups is 1. The Morgan fingerprint density at radius 3 is 2.70 bits per heavy atom. The molecule has 27 heavy (non-hydrogen) atoms. The van der Waals surface area contributed by atoms with Crippen LogP contribution in [0.3, 0.4) is 0 Å². The maximum absolute atomic E-state index is 13.0. The predicted molar refractivity (Wildman–Crippen MR) is 95.4 cm³/mol. The summed E-state index contributed by atoms with van der Waals surface area (Å²) in [6.45, 7) is 0. The van der Waals surface area contributed by atoms with Crippen LogP contribution >= 0.6 is 0 Å². The van der Waals surface area contributed by atoms with E-state index in [9.17, 15) is 14.3 Å². The monoisotopic (exact) mass is 364 g/mol. The number of hydrogen-bond acceptors (Lipinski definition) is 5. The average Bonchev–Trinajstić information content (AvgIpc) is 3.28. The van der Waals surface area contributed by atoms with E-state index in [0.29, 0.717) is 6.42 Å². The van der Waals surface area contributed by atoms with E-state index >= 15 is 0 Å². The van der Waals surface area contributed by atoms with Crippen molar-refractivity contribution < 1.29 is 14.3 Å². The number of nitrogens with zero attached hydrogens (tertiary/aromatic N) is 5. The summed E-state index contributed by atoms with van der Waals surface area (Å²) in [4.78, 5) is 12.5. The fraction of sp³-hybridized carbons (Fsp3) is 0.0556. The lowest BCUT2D eigenvalue weighted by Crippen LogP contribution is -2.22. The molecule has 0 fully saturated rings. The second-order valence-corrected chi connectivity index (χ2v) is 5.87. The first-order chi connectivity index (χ1) is 13.1. The largest absolute Gasteiger partial charge is 0.492 e. The maximum Gasteiger partial charge on any atom is 0.287 e. The number of benzene rings is 2. The molecule has 1 aromatic heterocycles. The summed E-state index contributed by atoms with van der Waals surface area (Å²) in [7, 11) is 0. The molecule has 1 aliphatic heterocycles. The highest BCUT2D eigenvalue weighted by atomic mass is 19.1. The number of aromatic amines is 1. The molecule has 2 N–H and O–H groups in total. The summed E-state index contributed by atoms with van der Waals surface area (Å²) in [5, 5.41) is 27.5. The molecule has 4 rings (SSSR count). The van der Waals surface area contributed by atoms with Crippen LogP contribution in [0, 0.1) is 5.82 Å². The van der Waals surface area contributed by atoms with Crippen LogP contribution < -0.4 is 5.01 Å². The number of tetrazole rings is 1. The standard InChI is InChI=1S/C18H13FN6O2/c19-14-6-4-11(5-7-14)8-12-2-1-3-13(9-12)10-15-16(26)22-25(17(15)27)18-20-23-24-21-18/h1-7,9-10H,8H2,(H,22,26)(H,20,21,23,24)/b15-10-. The number of aromatic nitrogens is 4. The third-order valence-electron chi connectivity index (χ3n) is 3.98. The Bertz CT molecular complexity index is 1040. The number of carbonyl (C=O) groups is 1. The Morgan fingerprint density at radius 2 is 1.96 bits per heavy atom. The van der Waals surface area contributed by atoms with Crippen LogP contribution in [0.15, 0.2) is 59.2 Å². The van der Waals surface area contributed by atoms with E-state index in [1.165, 1.54) is 12.1 Å². The van der Waals surface area contributed by atoms with Crippen molar-refractivity contribution in [3.05, 3.63) is 76.6 Å². The van der Waals surface area contributed by atoms with Crippen LogP contribution in [0.1, 0.15) is 16.7 Å². The minimum absolute atomic E-state index is 0.0139. The van der Waals surface area contributed by atoms with Crippen LogP contribution in [0.2, 0.25) is 0 Å². The van der Waals surface area contributed by atoms with E-state index < -0.39 is 11.8 Å². The molecule has 2 aromatic carbocycles. The molecule has 0 saturated carbocycles. The molecule has 0 atom stereocenters. The van der Waals surface area contributed by atoms with Gasteiger partial charge in [0, 0.05) is 0 Å². The molecule has 0 aliphatic carbocycles. The number of H-pyrrole nitrogens is 1. The lowest BCUT2D eigenvalue weighted by Gasteiger charge is -2.05. The third-order valence-corrected chi connectivity index (χ3v) is 3.98. The topological polar surface area (TPSA) is 107 Å². The smallest absolute Gasteiger partial charge is 0.287 e. The number of halogens is 1. The van der Waals surface area contributed by atoms with E-state index in [0.717, 1.165) is 21.7 Å². The molecule has 0 bridgehead atoms. The summed E-state index contributed by atoms with van der Waals surface area (Å²) in [5.74, 6) is -1.23. The van der Waals surface area contributed by atoms with Crippen LogP contribution in [-0.2, 0) is 11.2 Å². The van der Waals surface area contributed by atoms with E-state index in [1.807, 2.05) is 18.2 Å². The van der Waals surface area contributed by atoms with Crippen molar-refractivity contribution >= 4 is 23.8 Å². The molecule has 9 heteroatoms. The van der Waals surface area contributed by atoms with Gasteiger partial charge in [-0.05, 0) is 51.7 Å². The molecule has 0 radical (unpaired) electrons. The van der Waals surface area contributed by atoms with Crippen LogP contribution in [-0.4, -0.2) is 37.5 Å². The Morgan fingerprint density at radius 1 is 1.15 bits per heavy atom. The van der Waals surface area contributed by atoms with Gasteiger partial charge in [-0.25, -0.2) is 9.49 Å². The van der Waals surface area contributed by atoms with E-state index in [-0.39, 0.29) is 17.3 Å². The number of anilines is 1. The third kappa shape index (κ3) is 3.43. The first-order valence-electron chi connectivity index (χ1n) is 8.01. The molecule has 3 aromatic rings. The number of aliphatic hydroxyl groups excluding tert-OH is 1. The van der Waals surface area contributed by atoms with Gasteiger partial charge in [0.15, 0.2) is 0 Å². The van der Waals surface area contributed by atoms with Gasteiger partial charge in [0.05, 0.1) is 0 Å². The fourth-order valence-corrected chi connectivity index (χ4v) is 2.71.